The van der Waals surface area contributed by atoms with E-state index in [0.29, 0.717) is 30.3 Å². The summed E-state index contributed by atoms with van der Waals surface area (Å²) < 4.78 is 38.3. The van der Waals surface area contributed by atoms with E-state index in [0.717, 1.165) is 12.8 Å². The first-order valence-corrected chi connectivity index (χ1v) is 10.8. The van der Waals surface area contributed by atoms with Gasteiger partial charge in [-0.25, -0.2) is 8.42 Å². The minimum Gasteiger partial charge on any atom is -0.485 e. The molecule has 0 aromatic heterocycles. The highest BCUT2D eigenvalue weighted by molar-refractivity contribution is 7.89. The number of halogens is 1. The van der Waals surface area contributed by atoms with E-state index in [2.05, 4.69) is 5.32 Å². The largest absolute Gasteiger partial charge is 0.485 e. The van der Waals surface area contributed by atoms with Crippen LogP contribution >= 0.6 is 11.6 Å². The molecule has 1 fully saturated rings. The monoisotopic (exact) mass is 422 g/mol. The number of fused-ring (bicyclic) bond motifs is 1. The molecule has 1 amide bonds. The zero-order valence-corrected chi connectivity index (χ0v) is 16.5. The standard InChI is InChI=1S/C19H19ClN2O5S/c20-14-8-7-13(11-18(14)28(24,25)22-9-3-4-10-22)21-19(23)17-12-26-15-5-1-2-6-16(15)27-17/h1-2,5-8,11,17H,3-4,9-10,12H2,(H,21,23)/t17-/m1/s1. The Morgan fingerprint density at radius 2 is 1.82 bits per heavy atom. The quantitative estimate of drug-likeness (QED) is 0.818. The van der Waals surface area contributed by atoms with Crippen molar-refractivity contribution in [2.45, 2.75) is 23.8 Å². The van der Waals surface area contributed by atoms with E-state index in [-0.39, 0.29) is 16.5 Å². The number of nitrogens with zero attached hydrogens (tertiary/aromatic N) is 1. The maximum Gasteiger partial charge on any atom is 0.269 e. The van der Waals surface area contributed by atoms with Gasteiger partial charge in [-0.1, -0.05) is 23.7 Å². The molecule has 0 radical (unpaired) electrons. The number of amides is 1. The third-order valence-corrected chi connectivity index (χ3v) is 7.06. The minimum absolute atomic E-state index is 0.0139. The van der Waals surface area contributed by atoms with Gasteiger partial charge in [0, 0.05) is 18.8 Å². The summed E-state index contributed by atoms with van der Waals surface area (Å²) in [6, 6.07) is 11.5. The normalized spacial score (nSPS) is 19.4. The second-order valence-corrected chi connectivity index (χ2v) is 8.92. The molecule has 148 valence electrons. The molecule has 4 rings (SSSR count). The molecule has 0 unspecified atom stereocenters. The Labute approximate surface area is 168 Å². The van der Waals surface area contributed by atoms with E-state index < -0.39 is 22.0 Å². The van der Waals surface area contributed by atoms with Crippen LogP contribution in [0.3, 0.4) is 0 Å². The summed E-state index contributed by atoms with van der Waals surface area (Å²) in [5.74, 6) is 0.640. The van der Waals surface area contributed by atoms with Gasteiger partial charge < -0.3 is 14.8 Å². The number of nitrogens with one attached hydrogen (secondary N) is 1. The van der Waals surface area contributed by atoms with Gasteiger partial charge in [0.1, 0.15) is 11.5 Å². The molecule has 2 heterocycles. The molecule has 0 saturated carbocycles. The van der Waals surface area contributed by atoms with Gasteiger partial charge in [0.15, 0.2) is 11.5 Å². The predicted molar refractivity (Wildman–Crippen MR) is 104 cm³/mol. The Morgan fingerprint density at radius 1 is 1.11 bits per heavy atom. The number of hydrogen-bond donors (Lipinski definition) is 1. The zero-order chi connectivity index (χ0) is 19.7. The molecule has 9 heteroatoms. The fraction of sp³-hybridized carbons (Fsp3) is 0.316. The maximum absolute atomic E-state index is 12.8. The molecule has 2 aromatic rings. The average molecular weight is 423 g/mol. The van der Waals surface area contributed by atoms with Crippen molar-refractivity contribution in [1.82, 2.24) is 4.31 Å². The lowest BCUT2D eigenvalue weighted by Crippen LogP contribution is -2.40. The molecule has 1 atom stereocenters. The number of sulfonamides is 1. The lowest BCUT2D eigenvalue weighted by molar-refractivity contribution is -0.125. The number of rotatable bonds is 4. The average Bonchev–Trinajstić information content (AvgIpc) is 3.24. The highest BCUT2D eigenvalue weighted by Gasteiger charge is 2.31. The van der Waals surface area contributed by atoms with Crippen LogP contribution in [0.1, 0.15) is 12.8 Å². The molecule has 2 aliphatic heterocycles. The molecule has 7 nitrogen and oxygen atoms in total. The molecule has 2 aromatic carbocycles. The Balaban J connectivity index is 1.52. The predicted octanol–water partition coefficient (Wildman–Crippen LogP) is 2.90. The Kier molecular flexibility index (Phi) is 5.18. The highest BCUT2D eigenvalue weighted by atomic mass is 35.5. The molecule has 0 aliphatic carbocycles. The van der Waals surface area contributed by atoms with Gasteiger partial charge in [-0.3, -0.25) is 4.79 Å². The molecule has 0 spiro atoms. The molecular formula is C19H19ClN2O5S. The SMILES string of the molecule is O=C(Nc1ccc(Cl)c(S(=O)(=O)N2CCCC2)c1)[C@H]1COc2ccccc2O1. The first-order valence-electron chi connectivity index (χ1n) is 8.94. The topological polar surface area (TPSA) is 84.9 Å². The van der Waals surface area contributed by atoms with Crippen LogP contribution in [0.4, 0.5) is 5.69 Å². The van der Waals surface area contributed by atoms with Crippen LogP contribution in [0.15, 0.2) is 47.4 Å². The van der Waals surface area contributed by atoms with Crippen molar-refractivity contribution in [3.63, 3.8) is 0 Å². The van der Waals surface area contributed by atoms with Gasteiger partial charge in [-0.05, 0) is 43.2 Å². The summed E-state index contributed by atoms with van der Waals surface area (Å²) in [5.41, 5.74) is 0.328. The number of benzene rings is 2. The summed E-state index contributed by atoms with van der Waals surface area (Å²) in [4.78, 5) is 12.6. The summed E-state index contributed by atoms with van der Waals surface area (Å²) in [7, 11) is -3.70. The van der Waals surface area contributed by atoms with Crippen molar-refractivity contribution in [1.29, 1.82) is 0 Å². The van der Waals surface area contributed by atoms with Gasteiger partial charge in [0.2, 0.25) is 16.1 Å². The van der Waals surface area contributed by atoms with Crippen LogP contribution in [0.2, 0.25) is 5.02 Å². The summed E-state index contributed by atoms with van der Waals surface area (Å²) >= 11 is 6.14. The van der Waals surface area contributed by atoms with Crippen LogP contribution < -0.4 is 14.8 Å². The third-order valence-electron chi connectivity index (χ3n) is 4.68. The van der Waals surface area contributed by atoms with Crippen LogP contribution in [0.5, 0.6) is 11.5 Å². The summed E-state index contributed by atoms with van der Waals surface area (Å²) in [5, 5.41) is 2.81. The zero-order valence-electron chi connectivity index (χ0n) is 14.9. The van der Waals surface area contributed by atoms with E-state index >= 15 is 0 Å². The highest BCUT2D eigenvalue weighted by Crippen LogP contribution is 2.32. The maximum atomic E-state index is 12.8. The smallest absolute Gasteiger partial charge is 0.269 e. The molecule has 0 bridgehead atoms. The molecule has 1 saturated heterocycles. The second kappa shape index (κ2) is 7.62. The number of carbonyl (C=O) groups excluding carboxylic acids is 1. The number of ether oxygens (including phenoxy) is 2. The first kappa shape index (κ1) is 19.0. The molecule has 2 aliphatic rings. The van der Waals surface area contributed by atoms with Gasteiger partial charge in [-0.15, -0.1) is 0 Å². The van der Waals surface area contributed by atoms with Crippen LogP contribution in [0.25, 0.3) is 0 Å². The lowest BCUT2D eigenvalue weighted by Gasteiger charge is -2.25. The summed E-state index contributed by atoms with van der Waals surface area (Å²) in [6.07, 6.45) is 0.811. The molecular weight excluding hydrogens is 404 g/mol. The molecule has 28 heavy (non-hydrogen) atoms. The third kappa shape index (κ3) is 3.67. The van der Waals surface area contributed by atoms with E-state index in [9.17, 15) is 13.2 Å². The van der Waals surface area contributed by atoms with Crippen molar-refractivity contribution in [2.75, 3.05) is 25.0 Å². The van der Waals surface area contributed by atoms with Crippen molar-refractivity contribution in [3.8, 4) is 11.5 Å². The van der Waals surface area contributed by atoms with E-state index in [1.807, 2.05) is 6.07 Å². The fourth-order valence-electron chi connectivity index (χ4n) is 3.22. The van der Waals surface area contributed by atoms with Crippen molar-refractivity contribution < 1.29 is 22.7 Å². The number of para-hydroxylation sites is 2. The number of anilines is 1. The van der Waals surface area contributed by atoms with Crippen molar-refractivity contribution >= 4 is 33.2 Å². The molecule has 1 N–H and O–H groups in total. The van der Waals surface area contributed by atoms with E-state index in [4.69, 9.17) is 21.1 Å². The van der Waals surface area contributed by atoms with Crippen LogP contribution in [-0.2, 0) is 14.8 Å². The van der Waals surface area contributed by atoms with Crippen molar-refractivity contribution in [2.24, 2.45) is 0 Å². The van der Waals surface area contributed by atoms with Gasteiger partial charge in [0.25, 0.3) is 5.91 Å². The number of carbonyl (C=O) groups is 1. The van der Waals surface area contributed by atoms with E-state index in [1.165, 1.54) is 16.4 Å². The Bertz CT molecular complexity index is 1010. The minimum atomic E-state index is -3.70. The van der Waals surface area contributed by atoms with Gasteiger partial charge >= 0.3 is 0 Å². The Hall–Kier alpha value is -2.29. The number of hydrogen-bond acceptors (Lipinski definition) is 5. The van der Waals surface area contributed by atoms with E-state index in [1.54, 1.807) is 24.3 Å². The lowest BCUT2D eigenvalue weighted by atomic mass is 10.2. The van der Waals surface area contributed by atoms with Gasteiger partial charge in [0.05, 0.1) is 5.02 Å². The summed E-state index contributed by atoms with van der Waals surface area (Å²) in [6.45, 7) is 1.01. The van der Waals surface area contributed by atoms with Crippen LogP contribution in [-0.4, -0.2) is 44.4 Å². The fourth-order valence-corrected chi connectivity index (χ4v) is 5.24. The van der Waals surface area contributed by atoms with Gasteiger partial charge in [-0.2, -0.15) is 4.31 Å². The van der Waals surface area contributed by atoms with Crippen molar-refractivity contribution in [3.05, 3.63) is 47.5 Å². The first-order chi connectivity index (χ1) is 13.4. The van der Waals surface area contributed by atoms with Crippen LogP contribution in [0, 0.1) is 0 Å². The Morgan fingerprint density at radius 3 is 2.57 bits per heavy atom. The second-order valence-electron chi connectivity index (χ2n) is 6.61.